The number of hydrogen-bond donors (Lipinski definition) is 1. The topological polar surface area (TPSA) is 88.0 Å². The van der Waals surface area contributed by atoms with Crippen molar-refractivity contribution in [1.82, 2.24) is 19.8 Å². The van der Waals surface area contributed by atoms with Crippen molar-refractivity contribution >= 4 is 6.09 Å². The molecule has 1 unspecified atom stereocenters. The lowest BCUT2D eigenvalue weighted by atomic mass is 10.0. The third-order valence-electron chi connectivity index (χ3n) is 6.14. The molecular formula is C25H34N4O4. The Hall–Kier alpha value is -2.71. The lowest BCUT2D eigenvalue weighted by molar-refractivity contribution is -0.0516. The van der Waals surface area contributed by atoms with Crippen molar-refractivity contribution in [3.63, 3.8) is 0 Å². The molecule has 1 aromatic heterocycles. The second-order valence-corrected chi connectivity index (χ2v) is 9.83. The molecule has 0 spiro atoms. The van der Waals surface area contributed by atoms with Gasteiger partial charge in [0.25, 0.3) is 0 Å². The Morgan fingerprint density at radius 1 is 1.03 bits per heavy atom. The number of amides is 1. The minimum atomic E-state index is -0.670. The Morgan fingerprint density at radius 2 is 1.61 bits per heavy atom. The lowest BCUT2D eigenvalue weighted by Gasteiger charge is -2.41. The summed E-state index contributed by atoms with van der Waals surface area (Å²) in [6.45, 7) is 6.94. The van der Waals surface area contributed by atoms with Crippen molar-refractivity contribution in [2.45, 2.75) is 70.4 Å². The highest BCUT2D eigenvalue weighted by molar-refractivity contribution is 5.68. The third-order valence-corrected chi connectivity index (χ3v) is 6.14. The van der Waals surface area contributed by atoms with Crippen LogP contribution in [0.3, 0.4) is 0 Å². The number of aliphatic hydroxyl groups is 1. The van der Waals surface area contributed by atoms with Gasteiger partial charge in [0.05, 0.1) is 7.11 Å². The summed E-state index contributed by atoms with van der Waals surface area (Å²) in [5.41, 5.74) is 2.26. The fourth-order valence-corrected chi connectivity index (χ4v) is 4.33. The predicted molar refractivity (Wildman–Crippen MR) is 125 cm³/mol. The molecule has 2 aromatic rings. The predicted octanol–water partition coefficient (Wildman–Crippen LogP) is 4.01. The number of benzene rings is 1. The first kappa shape index (κ1) is 23.4. The molecule has 1 atom stereocenters. The number of likely N-dealkylation sites (tertiary alicyclic amines) is 1. The van der Waals surface area contributed by atoms with Crippen LogP contribution in [0, 0.1) is 0 Å². The summed E-state index contributed by atoms with van der Waals surface area (Å²) in [6, 6.07) is 8.88. The molecule has 178 valence electrons. The van der Waals surface area contributed by atoms with E-state index in [1.807, 2.05) is 45.0 Å². The Labute approximate surface area is 195 Å². The molecule has 0 radical (unpaired) electrons. The highest BCUT2D eigenvalue weighted by Gasteiger charge is 2.40. The van der Waals surface area contributed by atoms with Crippen LogP contribution >= 0.6 is 0 Å². The van der Waals surface area contributed by atoms with Crippen LogP contribution in [-0.2, 0) is 4.74 Å². The van der Waals surface area contributed by atoms with Crippen LogP contribution in [0.15, 0.2) is 36.7 Å². The minimum absolute atomic E-state index is 0.237. The number of hydrogen-bond acceptors (Lipinski definition) is 7. The van der Waals surface area contributed by atoms with E-state index in [4.69, 9.17) is 9.47 Å². The van der Waals surface area contributed by atoms with Gasteiger partial charge in [-0.15, -0.1) is 0 Å². The largest absolute Gasteiger partial charge is 0.467 e. The van der Waals surface area contributed by atoms with Gasteiger partial charge in [-0.1, -0.05) is 24.3 Å². The van der Waals surface area contributed by atoms with E-state index in [0.29, 0.717) is 25.1 Å². The van der Waals surface area contributed by atoms with E-state index >= 15 is 0 Å². The zero-order chi connectivity index (χ0) is 23.6. The monoisotopic (exact) mass is 454 g/mol. The van der Waals surface area contributed by atoms with Crippen LogP contribution in [0.2, 0.25) is 0 Å². The average molecular weight is 455 g/mol. The molecule has 2 aliphatic rings. The van der Waals surface area contributed by atoms with Crippen molar-refractivity contribution in [3.8, 4) is 17.1 Å². The molecule has 1 aromatic carbocycles. The summed E-state index contributed by atoms with van der Waals surface area (Å²) in [7, 11) is 1.54. The number of ether oxygens (including phenoxy) is 2. The number of rotatable bonds is 6. The van der Waals surface area contributed by atoms with Crippen LogP contribution in [0.4, 0.5) is 4.79 Å². The molecule has 8 heteroatoms. The first-order valence-electron chi connectivity index (χ1n) is 11.6. The fourth-order valence-electron chi connectivity index (χ4n) is 4.33. The molecule has 2 heterocycles. The van der Waals surface area contributed by atoms with Crippen molar-refractivity contribution in [3.05, 3.63) is 42.2 Å². The molecule has 1 N–H and O–H groups in total. The number of methoxy groups -OCH3 is 1. The van der Waals surface area contributed by atoms with Gasteiger partial charge in [-0.3, -0.25) is 4.90 Å². The van der Waals surface area contributed by atoms with Gasteiger partial charge in [0.15, 0.2) is 0 Å². The van der Waals surface area contributed by atoms with E-state index in [-0.39, 0.29) is 12.1 Å². The summed E-state index contributed by atoms with van der Waals surface area (Å²) < 4.78 is 10.5. The molecule has 0 bridgehead atoms. The maximum atomic E-state index is 12.4. The summed E-state index contributed by atoms with van der Waals surface area (Å²) >= 11 is 0. The van der Waals surface area contributed by atoms with Crippen LogP contribution in [0.5, 0.6) is 6.01 Å². The van der Waals surface area contributed by atoms with Gasteiger partial charge < -0.3 is 19.5 Å². The number of aromatic nitrogens is 2. The molecule has 1 saturated carbocycles. The van der Waals surface area contributed by atoms with Gasteiger partial charge in [0, 0.05) is 43.1 Å². The second-order valence-electron chi connectivity index (χ2n) is 9.83. The summed E-state index contributed by atoms with van der Waals surface area (Å²) in [5, 5.41) is 11.3. The SMILES string of the molecule is COc1ncc(-c2ccc(C(O)N(C3CC3)C3CCN(C(=O)OC(C)(C)C)CC3)cc2)cn1. The highest BCUT2D eigenvalue weighted by atomic mass is 16.6. The van der Waals surface area contributed by atoms with E-state index in [1.165, 1.54) is 7.11 Å². The van der Waals surface area contributed by atoms with E-state index < -0.39 is 11.8 Å². The standard InChI is InChI=1S/C25H34N4O4/c1-25(2,3)33-24(31)28-13-11-21(12-14-28)29(20-9-10-20)22(30)18-7-5-17(6-8-18)19-15-26-23(32-4)27-16-19/h5-8,15-16,20-22,30H,9-14H2,1-4H3. The fraction of sp³-hybridized carbons (Fsp3) is 0.560. The number of carbonyl (C=O) groups excluding carboxylic acids is 1. The molecule has 1 aliphatic heterocycles. The molecular weight excluding hydrogens is 420 g/mol. The van der Waals surface area contributed by atoms with Crippen LogP contribution < -0.4 is 4.74 Å². The lowest BCUT2D eigenvalue weighted by Crippen LogP contribution is -2.49. The summed E-state index contributed by atoms with van der Waals surface area (Å²) in [4.78, 5) is 24.8. The maximum absolute atomic E-state index is 12.4. The summed E-state index contributed by atoms with van der Waals surface area (Å²) in [5.74, 6) is 0. The smallest absolute Gasteiger partial charge is 0.410 e. The first-order chi connectivity index (χ1) is 15.7. The Balaban J connectivity index is 1.40. The van der Waals surface area contributed by atoms with Gasteiger partial charge in [-0.25, -0.2) is 14.8 Å². The van der Waals surface area contributed by atoms with Crippen LogP contribution in [-0.4, -0.2) is 68.9 Å². The summed E-state index contributed by atoms with van der Waals surface area (Å²) in [6.07, 6.45) is 6.39. The number of carbonyl (C=O) groups is 1. The van der Waals surface area contributed by atoms with Crippen molar-refractivity contribution in [2.75, 3.05) is 20.2 Å². The Bertz CT molecular complexity index is 930. The Morgan fingerprint density at radius 3 is 2.12 bits per heavy atom. The van der Waals surface area contributed by atoms with Gasteiger partial charge in [0.2, 0.25) is 0 Å². The quantitative estimate of drug-likeness (QED) is 0.660. The molecule has 8 nitrogen and oxygen atoms in total. The van der Waals surface area contributed by atoms with E-state index in [9.17, 15) is 9.90 Å². The van der Waals surface area contributed by atoms with Crippen LogP contribution in [0.25, 0.3) is 11.1 Å². The Kier molecular flexibility index (Phi) is 6.86. The molecule has 4 rings (SSSR count). The van der Waals surface area contributed by atoms with Crippen LogP contribution in [0.1, 0.15) is 58.2 Å². The highest BCUT2D eigenvalue weighted by Crippen LogP contribution is 2.38. The van der Waals surface area contributed by atoms with E-state index in [1.54, 1.807) is 17.3 Å². The van der Waals surface area contributed by atoms with Crippen molar-refractivity contribution < 1.29 is 19.4 Å². The van der Waals surface area contributed by atoms with E-state index in [2.05, 4.69) is 14.9 Å². The molecule has 1 amide bonds. The van der Waals surface area contributed by atoms with Gasteiger partial charge in [-0.2, -0.15) is 0 Å². The number of nitrogens with zero attached hydrogens (tertiary/aromatic N) is 4. The van der Waals surface area contributed by atoms with Crippen molar-refractivity contribution in [2.24, 2.45) is 0 Å². The molecule has 2 fully saturated rings. The number of aliphatic hydroxyl groups excluding tert-OH is 1. The zero-order valence-electron chi connectivity index (χ0n) is 19.9. The molecule has 1 saturated heterocycles. The van der Waals surface area contributed by atoms with E-state index in [0.717, 1.165) is 42.4 Å². The zero-order valence-corrected chi connectivity index (χ0v) is 19.9. The number of piperidine rings is 1. The maximum Gasteiger partial charge on any atom is 0.410 e. The van der Waals surface area contributed by atoms with Crippen molar-refractivity contribution in [1.29, 1.82) is 0 Å². The average Bonchev–Trinajstić information content (AvgIpc) is 3.64. The van der Waals surface area contributed by atoms with Gasteiger partial charge in [0.1, 0.15) is 11.8 Å². The third kappa shape index (κ3) is 5.81. The normalized spacial score (nSPS) is 18.3. The van der Waals surface area contributed by atoms with Gasteiger partial charge >= 0.3 is 12.1 Å². The second kappa shape index (κ2) is 9.65. The molecule has 1 aliphatic carbocycles. The molecule has 33 heavy (non-hydrogen) atoms. The minimum Gasteiger partial charge on any atom is -0.467 e. The first-order valence-corrected chi connectivity index (χ1v) is 11.6. The van der Waals surface area contributed by atoms with Gasteiger partial charge in [-0.05, 0) is 57.6 Å².